The molecule has 3 N–H and O–H groups in total. The number of esters is 1. The minimum Gasteiger partial charge on any atom is -0.481 e. The fourth-order valence-electron chi connectivity index (χ4n) is 10.2. The van der Waals surface area contributed by atoms with Gasteiger partial charge in [-0.2, -0.15) is 0 Å². The number of carboxylic acids is 1. The Morgan fingerprint density at radius 1 is 1.21 bits per heavy atom. The zero-order valence-electron chi connectivity index (χ0n) is 28.1. The van der Waals surface area contributed by atoms with E-state index >= 15 is 0 Å². The highest BCUT2D eigenvalue weighted by atomic mass is 16.6. The first kappa shape index (κ1) is 34.2. The lowest BCUT2D eigenvalue weighted by Crippen LogP contribution is -2.64. The summed E-state index contributed by atoms with van der Waals surface area (Å²) in [5, 5.41) is 32.2. The fourth-order valence-corrected chi connectivity index (χ4v) is 10.2. The van der Waals surface area contributed by atoms with E-state index in [0.29, 0.717) is 31.1 Å². The SMILES string of the molecule is CC[C@@H](C)[C@@H](O)C(=O)O[C@@H]1CC(C(C)(C)O)[C@](C)(CCC(=O)O)[C@H]2CC[C@]3(C)C(=CC[C@H]3[C@H]3CO[C@H](C=C(C)C)C3)[C@]12C. The number of aliphatic carboxylic acids is 1. The maximum absolute atomic E-state index is 13.5. The lowest BCUT2D eigenvalue weighted by atomic mass is 9.39. The average Bonchev–Trinajstić information content (AvgIpc) is 3.51. The summed E-state index contributed by atoms with van der Waals surface area (Å²) in [4.78, 5) is 25.4. The molecule has 11 atom stereocenters. The number of carboxylic acid groups (broad SMARTS) is 1. The van der Waals surface area contributed by atoms with Gasteiger partial charge in [0.15, 0.2) is 6.10 Å². The minimum atomic E-state index is -1.21. The summed E-state index contributed by atoms with van der Waals surface area (Å²) in [6, 6.07) is 0. The van der Waals surface area contributed by atoms with Gasteiger partial charge in [0.2, 0.25) is 0 Å². The molecule has 1 heterocycles. The van der Waals surface area contributed by atoms with Crippen LogP contribution in [0.25, 0.3) is 0 Å². The lowest BCUT2D eigenvalue weighted by molar-refractivity contribution is -0.214. The average molecular weight is 603 g/mol. The third-order valence-electron chi connectivity index (χ3n) is 12.5. The number of carbonyl (C=O) groups excluding carboxylic acids is 1. The van der Waals surface area contributed by atoms with E-state index in [9.17, 15) is 24.9 Å². The molecule has 0 radical (unpaired) electrons. The van der Waals surface area contributed by atoms with Crippen molar-refractivity contribution in [1.29, 1.82) is 0 Å². The number of aliphatic hydroxyl groups is 2. The van der Waals surface area contributed by atoms with Crippen LogP contribution in [0.1, 0.15) is 114 Å². The van der Waals surface area contributed by atoms with Crippen molar-refractivity contribution in [3.8, 4) is 0 Å². The summed E-state index contributed by atoms with van der Waals surface area (Å²) in [5.41, 5.74) is 0.328. The Morgan fingerprint density at radius 2 is 1.88 bits per heavy atom. The van der Waals surface area contributed by atoms with Gasteiger partial charge in [-0.05, 0) is 107 Å². The van der Waals surface area contributed by atoms with Gasteiger partial charge >= 0.3 is 11.9 Å². The van der Waals surface area contributed by atoms with E-state index in [1.807, 2.05) is 13.8 Å². The van der Waals surface area contributed by atoms with Crippen molar-refractivity contribution in [2.24, 2.45) is 45.8 Å². The van der Waals surface area contributed by atoms with Gasteiger partial charge in [-0.15, -0.1) is 0 Å². The monoisotopic (exact) mass is 602 g/mol. The van der Waals surface area contributed by atoms with Gasteiger partial charge in [0.1, 0.15) is 6.10 Å². The maximum atomic E-state index is 13.5. The maximum Gasteiger partial charge on any atom is 0.335 e. The fraction of sp³-hybridized carbons (Fsp3) is 0.833. The van der Waals surface area contributed by atoms with E-state index in [0.717, 1.165) is 32.3 Å². The zero-order valence-corrected chi connectivity index (χ0v) is 28.1. The molecule has 0 amide bonds. The summed E-state index contributed by atoms with van der Waals surface area (Å²) < 4.78 is 12.6. The minimum absolute atomic E-state index is 0.000563. The number of allylic oxidation sites excluding steroid dienone is 2. The molecule has 0 aromatic carbocycles. The zero-order chi connectivity index (χ0) is 32.1. The standard InChI is InChI=1S/C36H58O7/c1-10-22(4)31(39)32(40)43-29-19-28(33(5,6)41)35(8,16-14-30(37)38)27-13-15-34(7)25(11-12-26(34)36(27,29)9)23-18-24(42-20-23)17-21(2)3/h12,17,22-25,27-29,31,39,41H,10-11,13-16,18-20H2,1-9H3,(H,37,38)/t22-,23-,24-,25+,27-,28?,29-,31-,34+,35-,36+/m1/s1. The molecule has 7 heteroatoms. The number of ether oxygens (including phenoxy) is 2. The molecule has 0 aromatic rings. The Hall–Kier alpha value is -1.70. The summed E-state index contributed by atoms with van der Waals surface area (Å²) in [7, 11) is 0. The number of rotatable bonds is 10. The molecule has 0 spiro atoms. The Kier molecular flexibility index (Phi) is 9.73. The highest BCUT2D eigenvalue weighted by Gasteiger charge is 2.68. The first-order chi connectivity index (χ1) is 19.9. The molecular formula is C36H58O7. The topological polar surface area (TPSA) is 113 Å². The molecule has 43 heavy (non-hydrogen) atoms. The first-order valence-corrected chi connectivity index (χ1v) is 16.7. The summed E-state index contributed by atoms with van der Waals surface area (Å²) >= 11 is 0. The Balaban J connectivity index is 1.76. The van der Waals surface area contributed by atoms with E-state index in [1.54, 1.807) is 13.8 Å². The second-order valence-electron chi connectivity index (χ2n) is 16.0. The van der Waals surface area contributed by atoms with Crippen LogP contribution in [0.15, 0.2) is 23.3 Å². The summed E-state index contributed by atoms with van der Waals surface area (Å²) in [5.74, 6) is -1.11. The van der Waals surface area contributed by atoms with Crippen LogP contribution in [0.5, 0.6) is 0 Å². The lowest BCUT2D eigenvalue weighted by Gasteiger charge is -2.66. The van der Waals surface area contributed by atoms with E-state index in [4.69, 9.17) is 9.47 Å². The number of carbonyl (C=O) groups is 2. The van der Waals surface area contributed by atoms with Crippen molar-refractivity contribution in [3.05, 3.63) is 23.3 Å². The third-order valence-corrected chi connectivity index (χ3v) is 12.5. The molecule has 2 saturated carbocycles. The van der Waals surface area contributed by atoms with Crippen LogP contribution in [0, 0.1) is 45.8 Å². The molecule has 1 unspecified atom stereocenters. The molecule has 1 saturated heterocycles. The Morgan fingerprint density at radius 3 is 2.47 bits per heavy atom. The molecule has 4 rings (SSSR count). The van der Waals surface area contributed by atoms with Crippen LogP contribution in [0.2, 0.25) is 0 Å². The molecule has 1 aliphatic heterocycles. The predicted octanol–water partition coefficient (Wildman–Crippen LogP) is 6.71. The smallest absolute Gasteiger partial charge is 0.335 e. The molecule has 0 aromatic heterocycles. The van der Waals surface area contributed by atoms with Gasteiger partial charge in [-0.1, -0.05) is 64.3 Å². The van der Waals surface area contributed by atoms with Crippen LogP contribution in [0.3, 0.4) is 0 Å². The number of aliphatic hydroxyl groups excluding tert-OH is 1. The first-order valence-electron chi connectivity index (χ1n) is 16.7. The van der Waals surface area contributed by atoms with E-state index < -0.39 is 40.6 Å². The molecule has 3 fully saturated rings. The van der Waals surface area contributed by atoms with Crippen LogP contribution in [-0.2, 0) is 19.1 Å². The molecule has 3 aliphatic carbocycles. The van der Waals surface area contributed by atoms with E-state index in [-0.39, 0.29) is 35.7 Å². The van der Waals surface area contributed by atoms with E-state index in [1.165, 1.54) is 11.1 Å². The summed E-state index contributed by atoms with van der Waals surface area (Å²) in [6.45, 7) is 19.1. The third kappa shape index (κ3) is 6.12. The van der Waals surface area contributed by atoms with Crippen molar-refractivity contribution in [1.82, 2.24) is 0 Å². The molecule has 7 nitrogen and oxygen atoms in total. The van der Waals surface area contributed by atoms with Crippen molar-refractivity contribution >= 4 is 11.9 Å². The van der Waals surface area contributed by atoms with Crippen LogP contribution in [-0.4, -0.2) is 57.8 Å². The van der Waals surface area contributed by atoms with Crippen molar-refractivity contribution in [2.45, 2.75) is 138 Å². The highest BCUT2D eigenvalue weighted by Crippen LogP contribution is 2.72. The number of fused-ring (bicyclic) bond motifs is 3. The van der Waals surface area contributed by atoms with Crippen LogP contribution in [0.4, 0.5) is 0 Å². The predicted molar refractivity (Wildman–Crippen MR) is 167 cm³/mol. The second-order valence-corrected chi connectivity index (χ2v) is 16.0. The Labute approximate surface area is 259 Å². The quantitative estimate of drug-likeness (QED) is 0.188. The second kappa shape index (κ2) is 12.2. The van der Waals surface area contributed by atoms with Crippen molar-refractivity contribution in [3.63, 3.8) is 0 Å². The van der Waals surface area contributed by atoms with Gasteiger partial charge in [0, 0.05) is 11.8 Å². The van der Waals surface area contributed by atoms with Gasteiger partial charge < -0.3 is 24.8 Å². The van der Waals surface area contributed by atoms with Crippen LogP contribution >= 0.6 is 0 Å². The van der Waals surface area contributed by atoms with Gasteiger partial charge in [-0.3, -0.25) is 4.79 Å². The molecule has 4 aliphatic rings. The van der Waals surface area contributed by atoms with Crippen LogP contribution < -0.4 is 0 Å². The van der Waals surface area contributed by atoms with Gasteiger partial charge in [0.25, 0.3) is 0 Å². The number of hydrogen-bond donors (Lipinski definition) is 3. The summed E-state index contributed by atoms with van der Waals surface area (Å²) in [6.07, 6.45) is 8.33. The largest absolute Gasteiger partial charge is 0.481 e. The molecule has 0 bridgehead atoms. The normalized spacial score (nSPS) is 40.6. The Bertz CT molecular complexity index is 1120. The highest BCUT2D eigenvalue weighted by molar-refractivity contribution is 5.75. The number of hydrogen-bond acceptors (Lipinski definition) is 6. The van der Waals surface area contributed by atoms with Gasteiger partial charge in [-0.25, -0.2) is 4.79 Å². The van der Waals surface area contributed by atoms with Gasteiger partial charge in [0.05, 0.1) is 18.3 Å². The van der Waals surface area contributed by atoms with Crippen molar-refractivity contribution in [2.75, 3.05) is 6.61 Å². The molecular weight excluding hydrogens is 544 g/mol. The van der Waals surface area contributed by atoms with Crippen molar-refractivity contribution < 1.29 is 34.4 Å². The molecule has 244 valence electrons. The van der Waals surface area contributed by atoms with E-state index in [2.05, 4.69) is 46.8 Å².